The number of hydrogen-bond acceptors (Lipinski definition) is 2. The van der Waals surface area contributed by atoms with Crippen molar-refractivity contribution in [2.24, 2.45) is 0 Å². The van der Waals surface area contributed by atoms with E-state index in [1.807, 2.05) is 30.3 Å². The number of nitrogens with zero attached hydrogens (tertiary/aromatic N) is 1. The molecule has 1 unspecified atom stereocenters. The predicted octanol–water partition coefficient (Wildman–Crippen LogP) is 3.70. The second kappa shape index (κ2) is 8.88. The molecule has 0 aliphatic heterocycles. The van der Waals surface area contributed by atoms with Crippen LogP contribution in [0.5, 0.6) is 0 Å². The molecule has 1 atom stereocenters. The van der Waals surface area contributed by atoms with Crippen molar-refractivity contribution >= 4 is 35.0 Å². The maximum absolute atomic E-state index is 12.9. The number of benzene rings is 2. The average molecular weight is 379 g/mol. The van der Waals surface area contributed by atoms with Gasteiger partial charge in [0.2, 0.25) is 11.8 Å². The van der Waals surface area contributed by atoms with Crippen molar-refractivity contribution in [1.29, 1.82) is 0 Å². The van der Waals surface area contributed by atoms with E-state index < -0.39 is 6.04 Å². The highest BCUT2D eigenvalue weighted by molar-refractivity contribution is 6.31. The van der Waals surface area contributed by atoms with Crippen molar-refractivity contribution in [1.82, 2.24) is 10.2 Å². The lowest BCUT2D eigenvalue weighted by molar-refractivity contribution is -0.139. The Morgan fingerprint density at radius 1 is 1.12 bits per heavy atom. The van der Waals surface area contributed by atoms with E-state index >= 15 is 0 Å². The molecular weight excluding hydrogens is 359 g/mol. The fraction of sp³-hybridized carbons (Fsp3) is 0.263. The summed E-state index contributed by atoms with van der Waals surface area (Å²) in [7, 11) is 1.55. The van der Waals surface area contributed by atoms with E-state index in [-0.39, 0.29) is 18.2 Å². The fourth-order valence-corrected chi connectivity index (χ4v) is 2.95. The van der Waals surface area contributed by atoms with Gasteiger partial charge in [-0.2, -0.15) is 0 Å². The van der Waals surface area contributed by atoms with Crippen LogP contribution in [-0.4, -0.2) is 29.8 Å². The molecule has 2 rings (SSSR count). The van der Waals surface area contributed by atoms with Crippen molar-refractivity contribution in [3.05, 3.63) is 69.7 Å². The monoisotopic (exact) mass is 378 g/mol. The number of halogens is 2. The van der Waals surface area contributed by atoms with Gasteiger partial charge < -0.3 is 10.2 Å². The van der Waals surface area contributed by atoms with E-state index in [0.717, 1.165) is 11.1 Å². The molecule has 2 aromatic rings. The van der Waals surface area contributed by atoms with Crippen LogP contribution in [0.15, 0.2) is 48.5 Å². The Balaban J connectivity index is 2.25. The second-order valence-electron chi connectivity index (χ2n) is 5.71. The average Bonchev–Trinajstić information content (AvgIpc) is 2.60. The minimum Gasteiger partial charge on any atom is -0.357 e. The van der Waals surface area contributed by atoms with Crippen molar-refractivity contribution in [2.75, 3.05) is 7.05 Å². The van der Waals surface area contributed by atoms with Gasteiger partial charge in [-0.25, -0.2) is 0 Å². The first-order chi connectivity index (χ1) is 11.9. The number of nitrogens with one attached hydrogen (secondary N) is 1. The normalized spacial score (nSPS) is 11.7. The highest BCUT2D eigenvalue weighted by Gasteiger charge is 2.26. The molecule has 0 aromatic heterocycles. The Bertz CT molecular complexity index is 765. The fourth-order valence-electron chi connectivity index (χ4n) is 2.53. The van der Waals surface area contributed by atoms with Gasteiger partial charge in [0, 0.05) is 23.6 Å². The zero-order valence-electron chi connectivity index (χ0n) is 14.1. The van der Waals surface area contributed by atoms with Crippen LogP contribution in [0.4, 0.5) is 0 Å². The minimum atomic E-state index is -0.612. The van der Waals surface area contributed by atoms with Crippen molar-refractivity contribution in [3.63, 3.8) is 0 Å². The number of likely N-dealkylation sites (N-methyl/N-ethyl adjacent to an activating group) is 1. The first-order valence-electron chi connectivity index (χ1n) is 7.91. The number of rotatable bonds is 6. The van der Waals surface area contributed by atoms with Gasteiger partial charge in [-0.1, -0.05) is 53.5 Å². The van der Waals surface area contributed by atoms with Crippen LogP contribution in [0.25, 0.3) is 0 Å². The number of amides is 2. The summed E-state index contributed by atoms with van der Waals surface area (Å²) in [6.07, 6.45) is 0.127. The van der Waals surface area contributed by atoms with Crippen molar-refractivity contribution < 1.29 is 9.59 Å². The third-order valence-corrected chi connectivity index (χ3v) is 4.56. The minimum absolute atomic E-state index is 0.127. The Morgan fingerprint density at radius 3 is 2.48 bits per heavy atom. The van der Waals surface area contributed by atoms with E-state index in [9.17, 15) is 9.59 Å². The molecule has 2 aromatic carbocycles. The Morgan fingerprint density at radius 2 is 1.84 bits per heavy atom. The predicted molar refractivity (Wildman–Crippen MR) is 101 cm³/mol. The number of carbonyl (C=O) groups excluding carboxylic acids is 2. The SMILES string of the molecule is CNC(=O)C(C)N(Cc1cccc(Cl)c1)C(=O)Cc1ccccc1Cl. The molecule has 0 aliphatic rings. The molecule has 2 amide bonds. The summed E-state index contributed by atoms with van der Waals surface area (Å²) in [6.45, 7) is 1.99. The molecule has 0 aliphatic carbocycles. The smallest absolute Gasteiger partial charge is 0.242 e. The molecule has 0 saturated carbocycles. The quantitative estimate of drug-likeness (QED) is 0.832. The van der Waals surface area contributed by atoms with Gasteiger partial charge in [-0.3, -0.25) is 9.59 Å². The molecule has 0 heterocycles. The lowest BCUT2D eigenvalue weighted by atomic mass is 10.1. The van der Waals surface area contributed by atoms with E-state index in [1.54, 1.807) is 32.2 Å². The Labute approximate surface area is 157 Å². The van der Waals surface area contributed by atoms with Gasteiger partial charge in [0.1, 0.15) is 6.04 Å². The summed E-state index contributed by atoms with van der Waals surface area (Å²) in [5.41, 5.74) is 1.59. The highest BCUT2D eigenvalue weighted by atomic mass is 35.5. The maximum atomic E-state index is 12.9. The molecule has 0 fully saturated rings. The third-order valence-electron chi connectivity index (χ3n) is 3.96. The molecular formula is C19H20Cl2N2O2. The van der Waals surface area contributed by atoms with Crippen molar-refractivity contribution in [3.8, 4) is 0 Å². The molecule has 0 spiro atoms. The molecule has 0 saturated heterocycles. The standard InChI is InChI=1S/C19H20Cl2N2O2/c1-13(19(25)22-2)23(12-14-6-5-8-16(20)10-14)18(24)11-15-7-3-4-9-17(15)21/h3-10,13H,11-12H2,1-2H3,(H,22,25). The van der Waals surface area contributed by atoms with E-state index in [4.69, 9.17) is 23.2 Å². The Hall–Kier alpha value is -2.04. The van der Waals surface area contributed by atoms with Crippen LogP contribution in [0.1, 0.15) is 18.1 Å². The largest absolute Gasteiger partial charge is 0.357 e. The van der Waals surface area contributed by atoms with E-state index in [1.165, 1.54) is 4.90 Å². The summed E-state index contributed by atoms with van der Waals surface area (Å²) in [5, 5.41) is 3.71. The summed E-state index contributed by atoms with van der Waals surface area (Å²) >= 11 is 12.2. The highest BCUT2D eigenvalue weighted by Crippen LogP contribution is 2.19. The first-order valence-corrected chi connectivity index (χ1v) is 8.67. The molecule has 0 bridgehead atoms. The van der Waals surface area contributed by atoms with Crippen LogP contribution < -0.4 is 5.32 Å². The van der Waals surface area contributed by atoms with Crippen LogP contribution in [-0.2, 0) is 22.6 Å². The van der Waals surface area contributed by atoms with Gasteiger partial charge in [0.05, 0.1) is 6.42 Å². The summed E-state index contributed by atoms with van der Waals surface area (Å²) in [5.74, 6) is -0.404. The zero-order valence-corrected chi connectivity index (χ0v) is 15.6. The van der Waals surface area contributed by atoms with Gasteiger partial charge >= 0.3 is 0 Å². The lowest BCUT2D eigenvalue weighted by Crippen LogP contribution is -2.47. The van der Waals surface area contributed by atoms with Gasteiger partial charge in [0.25, 0.3) is 0 Å². The number of carbonyl (C=O) groups is 2. The summed E-state index contributed by atoms with van der Waals surface area (Å²) in [4.78, 5) is 26.5. The van der Waals surface area contributed by atoms with Crippen molar-refractivity contribution in [2.45, 2.75) is 25.9 Å². The summed E-state index contributed by atoms with van der Waals surface area (Å²) in [6, 6.07) is 13.8. The van der Waals surface area contributed by atoms with Gasteiger partial charge in [0.15, 0.2) is 0 Å². The first kappa shape index (κ1) is 19.3. The van der Waals surface area contributed by atoms with Crippen LogP contribution >= 0.6 is 23.2 Å². The molecule has 25 heavy (non-hydrogen) atoms. The molecule has 1 N–H and O–H groups in total. The van der Waals surface area contributed by atoms with E-state index in [0.29, 0.717) is 16.6 Å². The topological polar surface area (TPSA) is 49.4 Å². The molecule has 6 heteroatoms. The molecule has 4 nitrogen and oxygen atoms in total. The summed E-state index contributed by atoms with van der Waals surface area (Å²) < 4.78 is 0. The number of hydrogen-bond donors (Lipinski definition) is 1. The van der Waals surface area contributed by atoms with E-state index in [2.05, 4.69) is 5.32 Å². The van der Waals surface area contributed by atoms with Crippen LogP contribution in [0.2, 0.25) is 10.0 Å². The Kier molecular flexibility index (Phi) is 6.85. The second-order valence-corrected chi connectivity index (χ2v) is 6.55. The van der Waals surface area contributed by atoms with Crippen LogP contribution in [0, 0.1) is 0 Å². The molecule has 0 radical (unpaired) electrons. The van der Waals surface area contributed by atoms with Gasteiger partial charge in [-0.15, -0.1) is 0 Å². The van der Waals surface area contributed by atoms with Crippen LogP contribution in [0.3, 0.4) is 0 Å². The zero-order chi connectivity index (χ0) is 18.4. The third kappa shape index (κ3) is 5.21. The molecule has 132 valence electrons. The maximum Gasteiger partial charge on any atom is 0.242 e. The van der Waals surface area contributed by atoms with Gasteiger partial charge in [-0.05, 0) is 36.2 Å². The lowest BCUT2D eigenvalue weighted by Gasteiger charge is -2.28.